The van der Waals surface area contributed by atoms with E-state index >= 15 is 0 Å². The molecule has 0 nitrogen and oxygen atoms in total. The Hall–Kier alpha value is -1.41. The first kappa shape index (κ1) is 18.0. The average Bonchev–Trinajstić information content (AvgIpc) is 2.62. The Morgan fingerprint density at radius 2 is 1.81 bits per heavy atom. The van der Waals surface area contributed by atoms with E-state index in [9.17, 15) is 8.78 Å². The largest absolute Gasteiger partial charge is 0.207 e. The van der Waals surface area contributed by atoms with Crippen LogP contribution in [0.25, 0.3) is 0 Å². The molecule has 0 aromatic heterocycles. The lowest BCUT2D eigenvalue weighted by molar-refractivity contribution is 0.159. The third-order valence-electron chi connectivity index (χ3n) is 6.57. The molecule has 1 fully saturated rings. The van der Waals surface area contributed by atoms with E-state index in [0.29, 0.717) is 24.2 Å². The lowest BCUT2D eigenvalue weighted by Gasteiger charge is -2.47. The summed E-state index contributed by atoms with van der Waals surface area (Å²) in [6, 6.07) is 10.9. The van der Waals surface area contributed by atoms with Gasteiger partial charge in [0, 0.05) is 11.1 Å². The van der Waals surface area contributed by atoms with Crippen LogP contribution in [0.15, 0.2) is 36.4 Å². The maximum atomic E-state index is 14.3. The maximum Gasteiger partial charge on any atom is 0.129 e. The minimum absolute atomic E-state index is 0.262. The van der Waals surface area contributed by atoms with Crippen LogP contribution in [0.3, 0.4) is 0 Å². The van der Waals surface area contributed by atoms with Crippen LogP contribution in [0.1, 0.15) is 67.6 Å². The standard InChI is InChI=1S/C23H25ClF2/c1-2-3-14-6-9-18-20(23(14)15-4-7-16(24)8-5-15)11-10-19-21(18)12-17(25)13-22(19)26/h4-5,7-8,12-14,18,20,23H,2-3,6,9-11H2,1H3. The highest BCUT2D eigenvalue weighted by atomic mass is 35.5. The Labute approximate surface area is 159 Å². The van der Waals surface area contributed by atoms with Gasteiger partial charge in [0.1, 0.15) is 11.6 Å². The first-order chi connectivity index (χ1) is 12.6. The van der Waals surface area contributed by atoms with Gasteiger partial charge in [0.2, 0.25) is 0 Å². The van der Waals surface area contributed by atoms with E-state index in [0.717, 1.165) is 41.5 Å². The van der Waals surface area contributed by atoms with Gasteiger partial charge in [-0.25, -0.2) is 8.78 Å². The van der Waals surface area contributed by atoms with Crippen molar-refractivity contribution in [3.8, 4) is 0 Å². The molecule has 3 heteroatoms. The van der Waals surface area contributed by atoms with E-state index in [1.54, 1.807) is 6.07 Å². The second-order valence-electron chi connectivity index (χ2n) is 7.97. The Kier molecular flexibility index (Phi) is 5.05. The normalized spacial score (nSPS) is 27.7. The topological polar surface area (TPSA) is 0 Å². The molecule has 0 amide bonds. The second-order valence-corrected chi connectivity index (χ2v) is 8.40. The minimum atomic E-state index is -0.444. The fourth-order valence-electron chi connectivity index (χ4n) is 5.58. The van der Waals surface area contributed by atoms with Crippen molar-refractivity contribution < 1.29 is 8.78 Å². The fraction of sp³-hybridized carbons (Fsp3) is 0.478. The molecule has 0 aliphatic heterocycles. The Morgan fingerprint density at radius 3 is 2.54 bits per heavy atom. The maximum absolute atomic E-state index is 14.3. The lowest BCUT2D eigenvalue weighted by atomic mass is 9.57. The van der Waals surface area contributed by atoms with Crippen molar-refractivity contribution in [2.75, 3.05) is 0 Å². The zero-order valence-corrected chi connectivity index (χ0v) is 15.9. The second kappa shape index (κ2) is 7.31. The van der Waals surface area contributed by atoms with Crippen LogP contribution < -0.4 is 0 Å². The molecule has 26 heavy (non-hydrogen) atoms. The smallest absolute Gasteiger partial charge is 0.129 e. The highest BCUT2D eigenvalue weighted by Crippen LogP contribution is 2.55. The van der Waals surface area contributed by atoms with Gasteiger partial charge in [-0.2, -0.15) is 0 Å². The van der Waals surface area contributed by atoms with Gasteiger partial charge < -0.3 is 0 Å². The minimum Gasteiger partial charge on any atom is -0.207 e. The third-order valence-corrected chi connectivity index (χ3v) is 6.82. The SMILES string of the molecule is CCCC1CCC2c3cc(F)cc(F)c3CCC2C1c1ccc(Cl)cc1. The van der Waals surface area contributed by atoms with Gasteiger partial charge in [0.05, 0.1) is 0 Å². The molecule has 4 unspecified atom stereocenters. The van der Waals surface area contributed by atoms with Gasteiger partial charge in [-0.3, -0.25) is 0 Å². The molecule has 0 saturated heterocycles. The molecular weight excluding hydrogens is 350 g/mol. The zero-order valence-electron chi connectivity index (χ0n) is 15.2. The van der Waals surface area contributed by atoms with Crippen LogP contribution in [0.5, 0.6) is 0 Å². The summed E-state index contributed by atoms with van der Waals surface area (Å²) in [6.45, 7) is 2.24. The summed E-state index contributed by atoms with van der Waals surface area (Å²) in [5.41, 5.74) is 3.01. The van der Waals surface area contributed by atoms with Crippen LogP contribution in [0, 0.1) is 23.5 Å². The first-order valence-electron chi connectivity index (χ1n) is 9.81. The van der Waals surface area contributed by atoms with Crippen LogP contribution in [-0.4, -0.2) is 0 Å². The predicted molar refractivity (Wildman–Crippen MR) is 103 cm³/mol. The molecule has 2 aliphatic rings. The number of fused-ring (bicyclic) bond motifs is 3. The van der Waals surface area contributed by atoms with Crippen molar-refractivity contribution in [2.24, 2.45) is 11.8 Å². The van der Waals surface area contributed by atoms with Crippen LogP contribution in [0.2, 0.25) is 5.02 Å². The van der Waals surface area contributed by atoms with Crippen LogP contribution >= 0.6 is 11.6 Å². The monoisotopic (exact) mass is 374 g/mol. The molecular formula is C23H25ClF2. The van der Waals surface area contributed by atoms with Crippen molar-refractivity contribution >= 4 is 11.6 Å². The number of halogens is 3. The molecule has 2 aromatic carbocycles. The van der Waals surface area contributed by atoms with E-state index < -0.39 is 5.82 Å². The molecule has 2 aromatic rings. The van der Waals surface area contributed by atoms with Crippen molar-refractivity contribution in [2.45, 2.75) is 57.3 Å². The summed E-state index contributed by atoms with van der Waals surface area (Å²) < 4.78 is 28.2. The Balaban J connectivity index is 1.75. The van der Waals surface area contributed by atoms with Gasteiger partial charge in [0.25, 0.3) is 0 Å². The third kappa shape index (κ3) is 3.17. The highest BCUT2D eigenvalue weighted by Gasteiger charge is 2.43. The molecule has 4 rings (SSSR count). The van der Waals surface area contributed by atoms with E-state index in [4.69, 9.17) is 11.6 Å². The average molecular weight is 375 g/mol. The molecule has 0 heterocycles. The summed E-state index contributed by atoms with van der Waals surface area (Å²) >= 11 is 6.10. The summed E-state index contributed by atoms with van der Waals surface area (Å²) in [6.07, 6.45) is 6.24. The number of rotatable bonds is 3. The molecule has 0 bridgehead atoms. The van der Waals surface area contributed by atoms with Gasteiger partial charge in [-0.1, -0.05) is 43.5 Å². The Bertz CT molecular complexity index is 784. The van der Waals surface area contributed by atoms with Crippen molar-refractivity contribution in [3.05, 3.63) is 69.7 Å². The van der Waals surface area contributed by atoms with Gasteiger partial charge >= 0.3 is 0 Å². The van der Waals surface area contributed by atoms with Gasteiger partial charge in [-0.15, -0.1) is 0 Å². The van der Waals surface area contributed by atoms with Crippen LogP contribution in [0.4, 0.5) is 8.78 Å². The highest BCUT2D eigenvalue weighted by molar-refractivity contribution is 6.30. The summed E-state index contributed by atoms with van der Waals surface area (Å²) in [5, 5.41) is 0.756. The molecule has 1 saturated carbocycles. The number of benzene rings is 2. The molecule has 0 radical (unpaired) electrons. The first-order valence-corrected chi connectivity index (χ1v) is 10.2. The van der Waals surface area contributed by atoms with E-state index in [-0.39, 0.29) is 11.7 Å². The van der Waals surface area contributed by atoms with Gasteiger partial charge in [-0.05, 0) is 84.2 Å². The lowest BCUT2D eigenvalue weighted by Crippen LogP contribution is -2.35. The zero-order chi connectivity index (χ0) is 18.3. The summed E-state index contributed by atoms with van der Waals surface area (Å²) in [5.74, 6) is 0.999. The fourth-order valence-corrected chi connectivity index (χ4v) is 5.71. The molecule has 138 valence electrons. The van der Waals surface area contributed by atoms with Crippen molar-refractivity contribution in [1.82, 2.24) is 0 Å². The quantitative estimate of drug-likeness (QED) is 0.530. The van der Waals surface area contributed by atoms with Crippen LogP contribution in [-0.2, 0) is 6.42 Å². The summed E-state index contributed by atoms with van der Waals surface area (Å²) in [4.78, 5) is 0. The number of hydrogen-bond donors (Lipinski definition) is 0. The number of hydrogen-bond acceptors (Lipinski definition) is 0. The van der Waals surface area contributed by atoms with Crippen molar-refractivity contribution in [1.29, 1.82) is 0 Å². The predicted octanol–water partition coefficient (Wildman–Crippen LogP) is 7.26. The molecule has 0 N–H and O–H groups in total. The Morgan fingerprint density at radius 1 is 1.04 bits per heavy atom. The summed E-state index contributed by atoms with van der Waals surface area (Å²) in [7, 11) is 0. The van der Waals surface area contributed by atoms with E-state index in [1.165, 1.54) is 18.4 Å². The van der Waals surface area contributed by atoms with E-state index in [2.05, 4.69) is 19.1 Å². The van der Waals surface area contributed by atoms with Crippen molar-refractivity contribution in [3.63, 3.8) is 0 Å². The van der Waals surface area contributed by atoms with E-state index in [1.807, 2.05) is 12.1 Å². The molecule has 2 aliphatic carbocycles. The molecule has 0 spiro atoms. The molecule has 4 atom stereocenters. The van der Waals surface area contributed by atoms with Gasteiger partial charge in [0.15, 0.2) is 0 Å².